The molecule has 0 aromatic heterocycles. The van der Waals surface area contributed by atoms with Crippen LogP contribution in [0.3, 0.4) is 0 Å². The second-order valence-corrected chi connectivity index (χ2v) is 7.90. The third-order valence-electron chi connectivity index (χ3n) is 3.33. The van der Waals surface area contributed by atoms with Crippen LogP contribution < -0.4 is 10.6 Å². The molecule has 0 radical (unpaired) electrons. The number of hydrogen-bond donors (Lipinski definition) is 3. The highest BCUT2D eigenvalue weighted by Crippen LogP contribution is 2.14. The highest BCUT2D eigenvalue weighted by atomic mass is 32.2. The summed E-state index contributed by atoms with van der Waals surface area (Å²) in [6.45, 7) is 2.41. The van der Waals surface area contributed by atoms with Gasteiger partial charge in [-0.15, -0.1) is 0 Å². The number of nitrogens with one attached hydrogen (secondary N) is 2. The standard InChI is InChI=1S/C19H22N2O6S2/c1-12(22)20-15(18(25)26)10-29-19(27)16(21-13(2)23)11-28-17(24)9-8-14-6-4-3-5-7-14/h3-9,15-16H,10-11H2,1-2H3,(H,20,22)(H,21,23)(H,25,26)/b9-8+. The predicted molar refractivity (Wildman–Crippen MR) is 113 cm³/mol. The molecular weight excluding hydrogens is 416 g/mol. The quantitative estimate of drug-likeness (QED) is 0.466. The number of carbonyl (C=O) groups excluding carboxylic acids is 4. The molecular formula is C19H22N2O6S2. The fraction of sp³-hybridized carbons (Fsp3) is 0.316. The molecule has 0 bridgehead atoms. The summed E-state index contributed by atoms with van der Waals surface area (Å²) in [6.07, 6.45) is 3.02. The first-order valence-electron chi connectivity index (χ1n) is 8.52. The van der Waals surface area contributed by atoms with E-state index in [-0.39, 0.29) is 16.6 Å². The predicted octanol–water partition coefficient (Wildman–Crippen LogP) is 1.31. The number of thioether (sulfide) groups is 2. The molecule has 0 aliphatic heterocycles. The third-order valence-corrected chi connectivity index (χ3v) is 5.32. The Morgan fingerprint density at radius 1 is 0.931 bits per heavy atom. The van der Waals surface area contributed by atoms with E-state index in [1.165, 1.54) is 19.9 Å². The molecule has 0 spiro atoms. The van der Waals surface area contributed by atoms with Gasteiger partial charge in [0.15, 0.2) is 0 Å². The number of carboxylic acid groups (broad SMARTS) is 1. The SMILES string of the molecule is CC(=O)NC(CSC(=O)C(CSC(=O)/C=C/c1ccccc1)NC(C)=O)C(=O)O. The third kappa shape index (κ3) is 10.5. The largest absolute Gasteiger partial charge is 0.480 e. The molecule has 156 valence electrons. The maximum absolute atomic E-state index is 12.4. The molecule has 0 saturated carbocycles. The Morgan fingerprint density at radius 2 is 1.48 bits per heavy atom. The van der Waals surface area contributed by atoms with Crippen LogP contribution in [0.5, 0.6) is 0 Å². The van der Waals surface area contributed by atoms with Crippen LogP contribution in [0, 0.1) is 0 Å². The number of benzene rings is 1. The highest BCUT2D eigenvalue weighted by molar-refractivity contribution is 8.15. The van der Waals surface area contributed by atoms with Gasteiger partial charge in [0.05, 0.1) is 0 Å². The average molecular weight is 439 g/mol. The molecule has 0 saturated heterocycles. The zero-order valence-electron chi connectivity index (χ0n) is 15.9. The van der Waals surface area contributed by atoms with Gasteiger partial charge in [-0.2, -0.15) is 0 Å². The van der Waals surface area contributed by atoms with Crippen LogP contribution in [0.4, 0.5) is 0 Å². The topological polar surface area (TPSA) is 130 Å². The van der Waals surface area contributed by atoms with Crippen molar-refractivity contribution in [1.82, 2.24) is 10.6 Å². The molecule has 0 heterocycles. The van der Waals surface area contributed by atoms with Gasteiger partial charge in [-0.25, -0.2) is 4.79 Å². The smallest absolute Gasteiger partial charge is 0.327 e. The summed E-state index contributed by atoms with van der Waals surface area (Å²) >= 11 is 1.54. The number of carbonyl (C=O) groups is 5. The molecule has 2 unspecified atom stereocenters. The molecule has 1 rings (SSSR count). The number of aliphatic carboxylic acids is 1. The van der Waals surface area contributed by atoms with Gasteiger partial charge in [0.1, 0.15) is 12.1 Å². The summed E-state index contributed by atoms with van der Waals surface area (Å²) in [5.74, 6) is -2.45. The lowest BCUT2D eigenvalue weighted by Crippen LogP contribution is -2.44. The molecule has 1 aromatic rings. The van der Waals surface area contributed by atoms with Crippen molar-refractivity contribution in [1.29, 1.82) is 0 Å². The van der Waals surface area contributed by atoms with Crippen molar-refractivity contribution in [2.45, 2.75) is 25.9 Å². The van der Waals surface area contributed by atoms with E-state index in [1.54, 1.807) is 6.08 Å². The number of hydrogen-bond acceptors (Lipinski definition) is 7. The van der Waals surface area contributed by atoms with Crippen molar-refractivity contribution in [3.05, 3.63) is 42.0 Å². The van der Waals surface area contributed by atoms with Crippen molar-refractivity contribution in [2.24, 2.45) is 0 Å². The summed E-state index contributed by atoms with van der Waals surface area (Å²) in [5.41, 5.74) is 0.851. The van der Waals surface area contributed by atoms with E-state index < -0.39 is 35.0 Å². The maximum atomic E-state index is 12.4. The minimum atomic E-state index is -1.27. The molecule has 2 atom stereocenters. The minimum Gasteiger partial charge on any atom is -0.480 e. The van der Waals surface area contributed by atoms with Crippen LogP contribution in [0.15, 0.2) is 36.4 Å². The van der Waals surface area contributed by atoms with Gasteiger partial charge in [0, 0.05) is 25.4 Å². The molecule has 2 amide bonds. The minimum absolute atomic E-state index is 0.00124. The molecule has 0 aliphatic carbocycles. The van der Waals surface area contributed by atoms with Gasteiger partial charge in [-0.3, -0.25) is 19.2 Å². The van der Waals surface area contributed by atoms with Gasteiger partial charge in [-0.05, 0) is 11.6 Å². The van der Waals surface area contributed by atoms with E-state index in [9.17, 15) is 24.0 Å². The lowest BCUT2D eigenvalue weighted by Gasteiger charge is -2.17. The Bertz CT molecular complexity index is 782. The molecule has 0 aliphatic rings. The number of rotatable bonds is 10. The molecule has 10 heteroatoms. The second-order valence-electron chi connectivity index (χ2n) is 5.85. The van der Waals surface area contributed by atoms with E-state index in [2.05, 4.69) is 10.6 Å². The fourth-order valence-corrected chi connectivity index (χ4v) is 3.78. The van der Waals surface area contributed by atoms with E-state index in [0.29, 0.717) is 11.8 Å². The van der Waals surface area contributed by atoms with Crippen molar-refractivity contribution < 1.29 is 29.1 Å². The zero-order valence-corrected chi connectivity index (χ0v) is 17.5. The van der Waals surface area contributed by atoms with Crippen molar-refractivity contribution in [3.8, 4) is 0 Å². The van der Waals surface area contributed by atoms with E-state index in [1.807, 2.05) is 30.3 Å². The molecule has 8 nitrogen and oxygen atoms in total. The van der Waals surface area contributed by atoms with Crippen molar-refractivity contribution in [2.75, 3.05) is 11.5 Å². The Balaban J connectivity index is 2.63. The summed E-state index contributed by atoms with van der Waals surface area (Å²) < 4.78 is 0. The first kappa shape index (κ1) is 24.4. The van der Waals surface area contributed by atoms with Gasteiger partial charge in [0.2, 0.25) is 22.0 Å². The normalized spacial score (nSPS) is 12.8. The lowest BCUT2D eigenvalue weighted by atomic mass is 10.2. The highest BCUT2D eigenvalue weighted by Gasteiger charge is 2.25. The number of amides is 2. The van der Waals surface area contributed by atoms with Gasteiger partial charge in [0.25, 0.3) is 0 Å². The first-order valence-corrected chi connectivity index (χ1v) is 10.5. The average Bonchev–Trinajstić information content (AvgIpc) is 2.66. The van der Waals surface area contributed by atoms with Crippen LogP contribution in [0.1, 0.15) is 19.4 Å². The summed E-state index contributed by atoms with van der Waals surface area (Å²) in [4.78, 5) is 58.0. The molecule has 1 aromatic carbocycles. The van der Waals surface area contributed by atoms with E-state index in [4.69, 9.17) is 5.11 Å². The summed E-state index contributed by atoms with van der Waals surface area (Å²) in [7, 11) is 0. The Morgan fingerprint density at radius 3 is 2.03 bits per heavy atom. The first-order chi connectivity index (χ1) is 13.7. The molecule has 0 fully saturated rings. The summed E-state index contributed by atoms with van der Waals surface area (Å²) in [5, 5.41) is 13.0. The zero-order chi connectivity index (χ0) is 21.8. The van der Waals surface area contributed by atoms with Gasteiger partial charge < -0.3 is 15.7 Å². The summed E-state index contributed by atoms with van der Waals surface area (Å²) in [6, 6.07) is 7.00. The van der Waals surface area contributed by atoms with E-state index in [0.717, 1.165) is 17.3 Å². The van der Waals surface area contributed by atoms with Crippen LogP contribution in [-0.4, -0.2) is 56.7 Å². The van der Waals surface area contributed by atoms with E-state index >= 15 is 0 Å². The van der Waals surface area contributed by atoms with Crippen molar-refractivity contribution >= 4 is 57.6 Å². The lowest BCUT2D eigenvalue weighted by molar-refractivity contribution is -0.140. The van der Waals surface area contributed by atoms with Crippen LogP contribution >= 0.6 is 23.5 Å². The van der Waals surface area contributed by atoms with Gasteiger partial charge in [-0.1, -0.05) is 59.9 Å². The number of carboxylic acids is 1. The van der Waals surface area contributed by atoms with Crippen LogP contribution in [0.25, 0.3) is 6.08 Å². The monoisotopic (exact) mass is 438 g/mol. The Hall–Kier alpha value is -2.59. The van der Waals surface area contributed by atoms with Crippen LogP contribution in [0.2, 0.25) is 0 Å². The fourth-order valence-electron chi connectivity index (χ4n) is 2.04. The second kappa shape index (κ2) is 12.8. The van der Waals surface area contributed by atoms with Crippen molar-refractivity contribution in [3.63, 3.8) is 0 Å². The Labute approximate surface area is 176 Å². The molecule has 3 N–H and O–H groups in total. The Kier molecular flexibility index (Phi) is 10.8. The van der Waals surface area contributed by atoms with Crippen LogP contribution in [-0.2, 0) is 24.0 Å². The van der Waals surface area contributed by atoms with Gasteiger partial charge >= 0.3 is 5.97 Å². The molecule has 29 heavy (non-hydrogen) atoms. The maximum Gasteiger partial charge on any atom is 0.327 e.